The first-order valence-corrected chi connectivity index (χ1v) is 7.99. The zero-order chi connectivity index (χ0) is 15.7. The number of carbonyl (C=O) groups excluding carboxylic acids is 1. The van der Waals surface area contributed by atoms with Crippen LogP contribution < -0.4 is 4.74 Å². The van der Waals surface area contributed by atoms with Crippen molar-refractivity contribution in [1.82, 2.24) is 4.57 Å². The molecule has 2 aromatic rings. The number of ether oxygens (including phenoxy) is 2. The van der Waals surface area contributed by atoms with Crippen molar-refractivity contribution >= 4 is 16.9 Å². The predicted octanol–water partition coefficient (Wildman–Crippen LogP) is 3.56. The van der Waals surface area contributed by atoms with Crippen LogP contribution in [0.2, 0.25) is 0 Å². The first-order valence-electron chi connectivity index (χ1n) is 7.99. The number of rotatable bonds is 3. The lowest BCUT2D eigenvalue weighted by molar-refractivity contribution is -0.145. The third kappa shape index (κ3) is 2.36. The Bertz CT molecular complexity index is 702. The summed E-state index contributed by atoms with van der Waals surface area (Å²) >= 11 is 0. The molecule has 0 fully saturated rings. The SMILES string of the molecule is CCOC(=O)C1CCCCc2c1c1cc(OC)ccc1n2C. The van der Waals surface area contributed by atoms with Crippen LogP contribution in [0.3, 0.4) is 0 Å². The number of fused-ring (bicyclic) bond motifs is 3. The number of methoxy groups -OCH3 is 1. The number of carbonyl (C=O) groups is 1. The fourth-order valence-corrected chi connectivity index (χ4v) is 3.59. The first kappa shape index (κ1) is 14.9. The number of aromatic nitrogens is 1. The lowest BCUT2D eigenvalue weighted by atomic mass is 9.93. The van der Waals surface area contributed by atoms with E-state index in [0.29, 0.717) is 6.61 Å². The van der Waals surface area contributed by atoms with Gasteiger partial charge in [0.25, 0.3) is 0 Å². The second kappa shape index (κ2) is 6.03. The number of esters is 1. The lowest BCUT2D eigenvalue weighted by Crippen LogP contribution is -2.16. The number of hydrogen-bond donors (Lipinski definition) is 0. The van der Waals surface area contributed by atoms with Crippen LogP contribution in [0, 0.1) is 0 Å². The van der Waals surface area contributed by atoms with Crippen molar-refractivity contribution in [3.8, 4) is 5.75 Å². The van der Waals surface area contributed by atoms with E-state index in [4.69, 9.17) is 9.47 Å². The van der Waals surface area contributed by atoms with Gasteiger partial charge in [0, 0.05) is 23.6 Å². The van der Waals surface area contributed by atoms with E-state index in [2.05, 4.69) is 17.7 Å². The first-order chi connectivity index (χ1) is 10.7. The highest BCUT2D eigenvalue weighted by molar-refractivity contribution is 5.92. The highest BCUT2D eigenvalue weighted by Crippen LogP contribution is 2.39. The minimum atomic E-state index is -0.159. The summed E-state index contributed by atoms with van der Waals surface area (Å²) in [5.74, 6) is 0.571. The number of nitrogens with zero attached hydrogens (tertiary/aromatic N) is 1. The van der Waals surface area contributed by atoms with E-state index < -0.39 is 0 Å². The molecule has 4 nitrogen and oxygen atoms in total. The van der Waals surface area contributed by atoms with Crippen LogP contribution in [0.25, 0.3) is 10.9 Å². The molecule has 0 bridgehead atoms. The van der Waals surface area contributed by atoms with Gasteiger partial charge < -0.3 is 14.0 Å². The molecule has 0 spiro atoms. The van der Waals surface area contributed by atoms with Crippen LogP contribution in [0.1, 0.15) is 43.4 Å². The van der Waals surface area contributed by atoms with Crippen molar-refractivity contribution in [3.05, 3.63) is 29.5 Å². The summed E-state index contributed by atoms with van der Waals surface area (Å²) < 4.78 is 12.9. The quantitative estimate of drug-likeness (QED) is 0.643. The Labute approximate surface area is 131 Å². The molecule has 4 heteroatoms. The molecule has 118 valence electrons. The molecule has 1 aromatic carbocycles. The highest BCUT2D eigenvalue weighted by atomic mass is 16.5. The van der Waals surface area contributed by atoms with E-state index in [1.165, 1.54) is 5.69 Å². The van der Waals surface area contributed by atoms with Gasteiger partial charge in [0.2, 0.25) is 0 Å². The predicted molar refractivity (Wildman–Crippen MR) is 86.4 cm³/mol. The van der Waals surface area contributed by atoms with Crippen LogP contribution in [0.15, 0.2) is 18.2 Å². The molecule has 1 atom stereocenters. The fourth-order valence-electron chi connectivity index (χ4n) is 3.59. The van der Waals surface area contributed by atoms with Crippen LogP contribution in [-0.2, 0) is 23.0 Å². The Hall–Kier alpha value is -1.97. The smallest absolute Gasteiger partial charge is 0.313 e. The summed E-state index contributed by atoms with van der Waals surface area (Å²) in [7, 11) is 3.76. The largest absolute Gasteiger partial charge is 0.497 e. The normalized spacial score (nSPS) is 17.9. The monoisotopic (exact) mass is 301 g/mol. The molecule has 22 heavy (non-hydrogen) atoms. The summed E-state index contributed by atoms with van der Waals surface area (Å²) in [5.41, 5.74) is 3.56. The molecular formula is C18H23NO3. The van der Waals surface area contributed by atoms with Crippen molar-refractivity contribution in [2.45, 2.75) is 38.5 Å². The van der Waals surface area contributed by atoms with Crippen molar-refractivity contribution in [3.63, 3.8) is 0 Å². The minimum Gasteiger partial charge on any atom is -0.497 e. The van der Waals surface area contributed by atoms with Crippen molar-refractivity contribution in [1.29, 1.82) is 0 Å². The summed E-state index contributed by atoms with van der Waals surface area (Å²) in [6.07, 6.45) is 4.05. The van der Waals surface area contributed by atoms with Gasteiger partial charge in [0.1, 0.15) is 5.75 Å². The van der Waals surface area contributed by atoms with Gasteiger partial charge >= 0.3 is 5.97 Å². The minimum absolute atomic E-state index is 0.0963. The third-order valence-electron chi connectivity index (χ3n) is 4.65. The van der Waals surface area contributed by atoms with Crippen LogP contribution in [0.5, 0.6) is 5.75 Å². The lowest BCUT2D eigenvalue weighted by Gasteiger charge is -2.14. The Morgan fingerprint density at radius 1 is 1.36 bits per heavy atom. The fraction of sp³-hybridized carbons (Fsp3) is 0.500. The second-order valence-corrected chi connectivity index (χ2v) is 5.85. The van der Waals surface area contributed by atoms with Gasteiger partial charge in [-0.05, 0) is 49.9 Å². The van der Waals surface area contributed by atoms with Gasteiger partial charge in [-0.25, -0.2) is 0 Å². The topological polar surface area (TPSA) is 40.5 Å². The van der Waals surface area contributed by atoms with E-state index >= 15 is 0 Å². The van der Waals surface area contributed by atoms with Gasteiger partial charge in [0.15, 0.2) is 0 Å². The van der Waals surface area contributed by atoms with Crippen LogP contribution in [-0.4, -0.2) is 24.3 Å². The maximum absolute atomic E-state index is 12.5. The Kier molecular flexibility index (Phi) is 4.10. The summed E-state index contributed by atoms with van der Waals surface area (Å²) in [4.78, 5) is 12.5. The molecule has 1 aromatic heterocycles. The molecule has 1 aliphatic carbocycles. The van der Waals surface area contributed by atoms with Gasteiger partial charge in [-0.15, -0.1) is 0 Å². The van der Waals surface area contributed by atoms with Crippen molar-refractivity contribution in [2.75, 3.05) is 13.7 Å². The highest BCUT2D eigenvalue weighted by Gasteiger charge is 2.31. The zero-order valence-corrected chi connectivity index (χ0v) is 13.5. The van der Waals surface area contributed by atoms with Crippen LogP contribution in [0.4, 0.5) is 0 Å². The van der Waals surface area contributed by atoms with E-state index in [0.717, 1.165) is 47.9 Å². The van der Waals surface area contributed by atoms with E-state index in [-0.39, 0.29) is 11.9 Å². The summed E-state index contributed by atoms with van der Waals surface area (Å²) in [6, 6.07) is 6.09. The van der Waals surface area contributed by atoms with Crippen molar-refractivity contribution < 1.29 is 14.3 Å². The summed E-state index contributed by atoms with van der Waals surface area (Å²) in [5, 5.41) is 1.12. The molecule has 0 saturated heterocycles. The molecule has 0 N–H and O–H groups in total. The van der Waals surface area contributed by atoms with E-state index in [9.17, 15) is 4.79 Å². The summed E-state index contributed by atoms with van der Waals surface area (Å²) in [6.45, 7) is 2.29. The molecule has 0 radical (unpaired) electrons. The molecular weight excluding hydrogens is 278 g/mol. The molecule has 0 saturated carbocycles. The molecule has 0 aliphatic heterocycles. The molecule has 1 unspecified atom stereocenters. The molecule has 3 rings (SSSR count). The van der Waals surface area contributed by atoms with Gasteiger partial charge in [-0.1, -0.05) is 6.42 Å². The van der Waals surface area contributed by atoms with Gasteiger partial charge in [0.05, 0.1) is 19.6 Å². The Morgan fingerprint density at radius 3 is 2.91 bits per heavy atom. The number of hydrogen-bond acceptors (Lipinski definition) is 3. The average Bonchev–Trinajstić information content (AvgIpc) is 2.69. The maximum atomic E-state index is 12.5. The van der Waals surface area contributed by atoms with Crippen LogP contribution >= 0.6 is 0 Å². The Balaban J connectivity index is 2.21. The van der Waals surface area contributed by atoms with Crippen molar-refractivity contribution in [2.24, 2.45) is 7.05 Å². The van der Waals surface area contributed by atoms with E-state index in [1.807, 2.05) is 19.1 Å². The number of benzene rings is 1. The Morgan fingerprint density at radius 2 is 2.18 bits per heavy atom. The average molecular weight is 301 g/mol. The molecule has 1 heterocycles. The standard InChI is InChI=1S/C18H23NO3/c1-4-22-18(20)13-7-5-6-8-16-17(13)14-11-12(21-3)9-10-15(14)19(16)2/h9-11,13H,4-8H2,1-3H3. The number of aryl methyl sites for hydroxylation is 1. The third-order valence-corrected chi connectivity index (χ3v) is 4.65. The maximum Gasteiger partial charge on any atom is 0.313 e. The molecule has 0 amide bonds. The van der Waals surface area contributed by atoms with Gasteiger partial charge in [-0.2, -0.15) is 0 Å². The van der Waals surface area contributed by atoms with Gasteiger partial charge in [-0.3, -0.25) is 4.79 Å². The zero-order valence-electron chi connectivity index (χ0n) is 13.5. The van der Waals surface area contributed by atoms with E-state index in [1.54, 1.807) is 7.11 Å². The molecule has 1 aliphatic rings. The second-order valence-electron chi connectivity index (χ2n) is 5.85.